The first-order chi connectivity index (χ1) is 12.7. The molecule has 3 rings (SSSR count). The minimum absolute atomic E-state index is 0.0900. The van der Waals surface area contributed by atoms with E-state index in [1.54, 1.807) is 36.0 Å². The van der Waals surface area contributed by atoms with Crippen LogP contribution in [0.3, 0.4) is 0 Å². The van der Waals surface area contributed by atoms with Crippen molar-refractivity contribution >= 4 is 46.2 Å². The molecular formula is C16H18ClN5O2S2. The Hall–Kier alpha value is -1.71. The van der Waals surface area contributed by atoms with Gasteiger partial charge in [0.05, 0.1) is 12.3 Å². The molecular weight excluding hydrogens is 394 g/mol. The van der Waals surface area contributed by atoms with E-state index < -0.39 is 0 Å². The summed E-state index contributed by atoms with van der Waals surface area (Å²) in [5.74, 6) is 2.51. The van der Waals surface area contributed by atoms with Gasteiger partial charge in [0.1, 0.15) is 12.4 Å². The fraction of sp³-hybridized carbons (Fsp3) is 0.375. The lowest BCUT2D eigenvalue weighted by Gasteiger charge is -2.09. The maximum absolute atomic E-state index is 12.0. The van der Waals surface area contributed by atoms with Crippen LogP contribution in [0.1, 0.15) is 12.7 Å². The molecule has 7 nitrogen and oxygen atoms in total. The van der Waals surface area contributed by atoms with Crippen LogP contribution in [0.25, 0.3) is 0 Å². The molecule has 26 heavy (non-hydrogen) atoms. The lowest BCUT2D eigenvalue weighted by Crippen LogP contribution is -2.29. The monoisotopic (exact) mass is 411 g/mol. The Kier molecular flexibility index (Phi) is 6.81. The van der Waals surface area contributed by atoms with Crippen LogP contribution in [0.15, 0.2) is 34.4 Å². The number of carbonyl (C=O) groups is 1. The zero-order valence-electron chi connectivity index (χ0n) is 14.1. The highest BCUT2D eigenvalue weighted by molar-refractivity contribution is 8.14. The van der Waals surface area contributed by atoms with E-state index in [1.165, 1.54) is 11.8 Å². The zero-order chi connectivity index (χ0) is 18.4. The smallest absolute Gasteiger partial charge is 0.236 e. The summed E-state index contributed by atoms with van der Waals surface area (Å²) in [7, 11) is 0. The van der Waals surface area contributed by atoms with Crippen molar-refractivity contribution in [3.63, 3.8) is 0 Å². The summed E-state index contributed by atoms with van der Waals surface area (Å²) in [6.45, 7) is 3.75. The molecule has 1 aliphatic heterocycles. The summed E-state index contributed by atoms with van der Waals surface area (Å²) in [4.78, 5) is 16.2. The van der Waals surface area contributed by atoms with E-state index >= 15 is 0 Å². The van der Waals surface area contributed by atoms with Gasteiger partial charge in [0.25, 0.3) is 0 Å². The molecule has 138 valence electrons. The van der Waals surface area contributed by atoms with Gasteiger partial charge in [-0.1, -0.05) is 35.1 Å². The molecule has 1 aromatic heterocycles. The summed E-state index contributed by atoms with van der Waals surface area (Å²) in [5.41, 5.74) is 0. The van der Waals surface area contributed by atoms with Crippen molar-refractivity contribution in [1.82, 2.24) is 20.1 Å². The van der Waals surface area contributed by atoms with E-state index in [2.05, 4.69) is 20.5 Å². The Morgan fingerprint density at radius 3 is 2.88 bits per heavy atom. The predicted molar refractivity (Wildman–Crippen MR) is 105 cm³/mol. The van der Waals surface area contributed by atoms with Crippen LogP contribution in [-0.2, 0) is 17.9 Å². The number of hydrogen-bond donors (Lipinski definition) is 1. The number of hydrogen-bond acceptors (Lipinski definition) is 7. The average molecular weight is 412 g/mol. The largest absolute Gasteiger partial charge is 0.486 e. The Morgan fingerprint density at radius 1 is 1.38 bits per heavy atom. The van der Waals surface area contributed by atoms with Gasteiger partial charge in [-0.3, -0.25) is 9.79 Å². The van der Waals surface area contributed by atoms with Gasteiger partial charge in [-0.25, -0.2) is 0 Å². The molecule has 0 spiro atoms. The molecule has 0 atom stereocenters. The van der Waals surface area contributed by atoms with Gasteiger partial charge in [-0.2, -0.15) is 0 Å². The summed E-state index contributed by atoms with van der Waals surface area (Å²) < 4.78 is 7.67. The molecule has 1 aromatic carbocycles. The number of ether oxygens (including phenoxy) is 1. The lowest BCUT2D eigenvalue weighted by atomic mass is 10.3. The van der Waals surface area contributed by atoms with Gasteiger partial charge in [-0.05, 0) is 31.2 Å². The number of benzene rings is 1. The minimum Gasteiger partial charge on any atom is -0.486 e. The van der Waals surface area contributed by atoms with Crippen molar-refractivity contribution < 1.29 is 9.53 Å². The van der Waals surface area contributed by atoms with Gasteiger partial charge in [0.15, 0.2) is 16.1 Å². The van der Waals surface area contributed by atoms with Crippen molar-refractivity contribution in [3.8, 4) is 5.75 Å². The summed E-state index contributed by atoms with van der Waals surface area (Å²) in [6.07, 6.45) is 0. The molecule has 0 aliphatic carbocycles. The quantitative estimate of drug-likeness (QED) is 0.705. The second-order valence-electron chi connectivity index (χ2n) is 5.26. The number of nitrogens with zero attached hydrogens (tertiary/aromatic N) is 4. The number of carbonyl (C=O) groups excluding carboxylic acids is 1. The topological polar surface area (TPSA) is 81.4 Å². The molecule has 0 saturated heterocycles. The van der Waals surface area contributed by atoms with E-state index in [9.17, 15) is 4.79 Å². The number of thioether (sulfide) groups is 2. The maximum atomic E-state index is 12.0. The summed E-state index contributed by atoms with van der Waals surface area (Å²) in [5, 5.41) is 13.2. The van der Waals surface area contributed by atoms with E-state index in [0.717, 1.165) is 12.3 Å². The highest BCUT2D eigenvalue weighted by Crippen LogP contribution is 2.20. The van der Waals surface area contributed by atoms with Crippen LogP contribution < -0.4 is 10.1 Å². The number of aromatic nitrogens is 3. The van der Waals surface area contributed by atoms with Gasteiger partial charge in [0, 0.05) is 17.3 Å². The number of amides is 1. The van der Waals surface area contributed by atoms with Crippen molar-refractivity contribution in [2.45, 2.75) is 25.2 Å². The van der Waals surface area contributed by atoms with Crippen molar-refractivity contribution in [1.29, 1.82) is 0 Å². The molecule has 2 aromatic rings. The highest BCUT2D eigenvalue weighted by Gasteiger charge is 2.15. The van der Waals surface area contributed by atoms with E-state index in [4.69, 9.17) is 16.3 Å². The number of halogens is 1. The summed E-state index contributed by atoms with van der Waals surface area (Å²) >= 11 is 8.78. The van der Waals surface area contributed by atoms with E-state index in [-0.39, 0.29) is 11.7 Å². The van der Waals surface area contributed by atoms with Gasteiger partial charge < -0.3 is 14.6 Å². The number of nitrogens with one attached hydrogen (secondary N) is 1. The second-order valence-corrected chi connectivity index (χ2v) is 7.72. The SMILES string of the molecule is CCn1c(COc2ccc(Cl)cc2)nnc1SCC(=O)NC1=NCCS1. The van der Waals surface area contributed by atoms with Crippen LogP contribution in [0.2, 0.25) is 5.02 Å². The predicted octanol–water partition coefficient (Wildman–Crippen LogP) is 2.84. The molecule has 0 radical (unpaired) electrons. The molecule has 10 heteroatoms. The van der Waals surface area contributed by atoms with Gasteiger partial charge in [-0.15, -0.1) is 10.2 Å². The van der Waals surface area contributed by atoms with Crippen LogP contribution in [0, 0.1) is 0 Å². The van der Waals surface area contributed by atoms with Gasteiger partial charge >= 0.3 is 0 Å². The third-order valence-electron chi connectivity index (χ3n) is 3.46. The van der Waals surface area contributed by atoms with Crippen molar-refractivity contribution in [2.75, 3.05) is 18.1 Å². The third kappa shape index (κ3) is 5.15. The first-order valence-electron chi connectivity index (χ1n) is 8.06. The Morgan fingerprint density at radius 2 is 2.19 bits per heavy atom. The Balaban J connectivity index is 1.55. The first kappa shape index (κ1) is 19.1. The highest BCUT2D eigenvalue weighted by atomic mass is 35.5. The Bertz CT molecular complexity index is 794. The fourth-order valence-electron chi connectivity index (χ4n) is 2.23. The average Bonchev–Trinajstić information content (AvgIpc) is 3.28. The minimum atomic E-state index is -0.0900. The van der Waals surface area contributed by atoms with Crippen molar-refractivity contribution in [2.24, 2.45) is 4.99 Å². The molecule has 1 aliphatic rings. The molecule has 1 amide bonds. The molecule has 2 heterocycles. The molecule has 1 N–H and O–H groups in total. The Labute approximate surface area is 164 Å². The standard InChI is InChI=1S/C16H18ClN5O2S2/c1-2-22-13(9-24-12-5-3-11(17)4-6-12)20-21-16(22)26-10-14(23)19-15-18-7-8-25-15/h3-6H,2,7-10H2,1H3,(H,18,19,23). The number of amidine groups is 1. The molecule has 0 fully saturated rings. The number of aliphatic imine (C=N–C) groups is 1. The zero-order valence-corrected chi connectivity index (χ0v) is 16.5. The normalized spacial score (nSPS) is 13.5. The molecule has 0 saturated carbocycles. The third-order valence-corrected chi connectivity index (χ3v) is 5.57. The van der Waals surface area contributed by atoms with Crippen LogP contribution in [0.4, 0.5) is 0 Å². The van der Waals surface area contributed by atoms with Crippen LogP contribution >= 0.6 is 35.1 Å². The van der Waals surface area contributed by atoms with Crippen molar-refractivity contribution in [3.05, 3.63) is 35.1 Å². The van der Waals surface area contributed by atoms with E-state index in [1.807, 2.05) is 11.5 Å². The van der Waals surface area contributed by atoms with Gasteiger partial charge in [0.2, 0.25) is 5.91 Å². The van der Waals surface area contributed by atoms with Crippen LogP contribution in [0.5, 0.6) is 5.75 Å². The maximum Gasteiger partial charge on any atom is 0.236 e. The summed E-state index contributed by atoms with van der Waals surface area (Å²) in [6, 6.07) is 7.15. The van der Waals surface area contributed by atoms with Crippen LogP contribution in [-0.4, -0.2) is 43.9 Å². The van der Waals surface area contributed by atoms with E-state index in [0.29, 0.717) is 40.1 Å². The molecule has 0 bridgehead atoms. The lowest BCUT2D eigenvalue weighted by molar-refractivity contribution is -0.117. The molecule has 0 unspecified atom stereocenters. The second kappa shape index (κ2) is 9.29. The number of rotatable bonds is 7. The fourth-order valence-corrected chi connectivity index (χ4v) is 3.92. The first-order valence-corrected chi connectivity index (χ1v) is 10.4.